The lowest BCUT2D eigenvalue weighted by Crippen LogP contribution is -2.32. The quantitative estimate of drug-likeness (QED) is 0.458. The van der Waals surface area contributed by atoms with Crippen molar-refractivity contribution in [2.45, 2.75) is 50.7 Å². The summed E-state index contributed by atoms with van der Waals surface area (Å²) >= 11 is 3.33. The van der Waals surface area contributed by atoms with Crippen molar-refractivity contribution in [2.75, 3.05) is 18.4 Å². The first-order valence-electron chi connectivity index (χ1n) is 11.2. The number of nitrogens with zero attached hydrogens (tertiary/aromatic N) is 5. The average molecular weight is 521 g/mol. The molecule has 3 aromatic rings. The topological polar surface area (TPSA) is 58.9 Å². The summed E-state index contributed by atoms with van der Waals surface area (Å²) in [5.41, 5.74) is 3.24. The molecule has 3 heterocycles. The Bertz CT molecular complexity index is 1140. The molecule has 0 bridgehead atoms. The maximum absolute atomic E-state index is 13.4. The Labute approximate surface area is 198 Å². The van der Waals surface area contributed by atoms with E-state index in [1.165, 1.54) is 43.3 Å². The lowest BCUT2D eigenvalue weighted by atomic mass is 10.0. The maximum Gasteiger partial charge on any atom is 0.453 e. The van der Waals surface area contributed by atoms with E-state index in [1.54, 1.807) is 12.1 Å². The van der Waals surface area contributed by atoms with Crippen molar-refractivity contribution in [3.05, 3.63) is 58.0 Å². The van der Waals surface area contributed by atoms with Crippen LogP contribution in [0.1, 0.15) is 42.6 Å². The zero-order valence-electron chi connectivity index (χ0n) is 17.9. The molecule has 6 nitrogen and oxygen atoms in total. The Morgan fingerprint density at radius 1 is 1.00 bits per heavy atom. The number of halogens is 4. The lowest BCUT2D eigenvalue weighted by Gasteiger charge is -2.25. The van der Waals surface area contributed by atoms with Crippen LogP contribution in [-0.2, 0) is 19.0 Å². The molecule has 10 heteroatoms. The van der Waals surface area contributed by atoms with E-state index in [0.717, 1.165) is 30.4 Å². The minimum atomic E-state index is -4.66. The second-order valence-electron chi connectivity index (χ2n) is 8.58. The van der Waals surface area contributed by atoms with Crippen molar-refractivity contribution >= 4 is 27.6 Å². The molecular formula is C23H24BrF3N6. The smallest absolute Gasteiger partial charge is 0.324 e. The van der Waals surface area contributed by atoms with Crippen LogP contribution in [0.4, 0.5) is 24.8 Å². The molecule has 0 amide bonds. The third-order valence-electron chi connectivity index (χ3n) is 6.40. The van der Waals surface area contributed by atoms with Gasteiger partial charge in [0, 0.05) is 22.4 Å². The van der Waals surface area contributed by atoms with Gasteiger partial charge < -0.3 is 10.2 Å². The normalized spacial score (nSPS) is 19.3. The van der Waals surface area contributed by atoms with Gasteiger partial charge in [0.25, 0.3) is 5.82 Å². The van der Waals surface area contributed by atoms with Crippen molar-refractivity contribution in [1.82, 2.24) is 24.6 Å². The van der Waals surface area contributed by atoms with Gasteiger partial charge in [0.1, 0.15) is 0 Å². The molecule has 1 fully saturated rings. The SMILES string of the molecule is FC(F)(F)c1nc(Nc2ccc3c(c2)CCC(N2CCCC2)CC3)n(-c2cc(Br)ccn2)n1. The molecule has 1 saturated heterocycles. The van der Waals surface area contributed by atoms with Gasteiger partial charge in [-0.2, -0.15) is 22.8 Å². The molecule has 2 aliphatic rings. The predicted octanol–water partition coefficient (Wildman–Crippen LogP) is 5.53. The molecule has 0 radical (unpaired) electrons. The van der Waals surface area contributed by atoms with E-state index < -0.39 is 12.0 Å². The van der Waals surface area contributed by atoms with Crippen LogP contribution in [0.2, 0.25) is 0 Å². The second kappa shape index (κ2) is 9.06. The standard InChI is InChI=1S/C23H24BrF3N6/c24-17-9-10-28-20(14-17)33-22(30-21(31-33)23(25,26)27)29-18-6-3-15-4-7-19(8-5-16(15)13-18)32-11-1-2-12-32/h3,6,9-10,13-14,19H,1-2,4-5,7-8,11-12H2,(H,29,30,31). The number of likely N-dealkylation sites (tertiary alicyclic amines) is 1. The largest absolute Gasteiger partial charge is 0.453 e. The van der Waals surface area contributed by atoms with Gasteiger partial charge in [-0.05, 0) is 87.0 Å². The minimum Gasteiger partial charge on any atom is -0.324 e. The number of fused-ring (bicyclic) bond motifs is 1. The van der Waals surface area contributed by atoms with Crippen LogP contribution in [0.15, 0.2) is 41.0 Å². The van der Waals surface area contributed by atoms with E-state index in [2.05, 4.69) is 47.3 Å². The summed E-state index contributed by atoms with van der Waals surface area (Å²) in [5.74, 6) is -1.01. The van der Waals surface area contributed by atoms with Crippen LogP contribution in [0.3, 0.4) is 0 Å². The number of pyridine rings is 1. The van der Waals surface area contributed by atoms with Crippen LogP contribution in [-0.4, -0.2) is 43.8 Å². The Hall–Kier alpha value is -2.46. The molecule has 33 heavy (non-hydrogen) atoms. The van der Waals surface area contributed by atoms with Crippen molar-refractivity contribution < 1.29 is 13.2 Å². The van der Waals surface area contributed by atoms with Crippen LogP contribution in [0, 0.1) is 0 Å². The fourth-order valence-electron chi connectivity index (χ4n) is 4.75. The highest BCUT2D eigenvalue weighted by molar-refractivity contribution is 9.10. The molecule has 5 rings (SSSR count). The van der Waals surface area contributed by atoms with Crippen molar-refractivity contribution in [2.24, 2.45) is 0 Å². The first-order chi connectivity index (χ1) is 15.9. The summed E-state index contributed by atoms with van der Waals surface area (Å²) in [6.45, 7) is 2.38. The molecule has 1 N–H and O–H groups in total. The zero-order chi connectivity index (χ0) is 23.0. The van der Waals surface area contributed by atoms with E-state index in [9.17, 15) is 13.2 Å². The van der Waals surface area contributed by atoms with Crippen LogP contribution < -0.4 is 5.32 Å². The van der Waals surface area contributed by atoms with E-state index in [4.69, 9.17) is 0 Å². The van der Waals surface area contributed by atoms with Gasteiger partial charge >= 0.3 is 6.18 Å². The highest BCUT2D eigenvalue weighted by Crippen LogP contribution is 2.31. The second-order valence-corrected chi connectivity index (χ2v) is 9.50. The zero-order valence-corrected chi connectivity index (χ0v) is 19.5. The van der Waals surface area contributed by atoms with Gasteiger partial charge in [-0.1, -0.05) is 22.0 Å². The minimum absolute atomic E-state index is 0.0311. The number of hydrogen-bond acceptors (Lipinski definition) is 5. The summed E-state index contributed by atoms with van der Waals surface area (Å²) in [7, 11) is 0. The van der Waals surface area contributed by atoms with Gasteiger partial charge in [-0.3, -0.25) is 0 Å². The Morgan fingerprint density at radius 3 is 2.48 bits per heavy atom. The number of hydrogen-bond donors (Lipinski definition) is 1. The molecule has 2 aromatic heterocycles. The summed E-state index contributed by atoms with van der Waals surface area (Å²) in [6, 6.07) is 9.90. The van der Waals surface area contributed by atoms with Gasteiger partial charge in [0.05, 0.1) is 0 Å². The summed E-state index contributed by atoms with van der Waals surface area (Å²) in [4.78, 5) is 10.5. The maximum atomic E-state index is 13.4. The molecular weight excluding hydrogens is 497 g/mol. The molecule has 1 aromatic carbocycles. The van der Waals surface area contributed by atoms with Crippen LogP contribution in [0.25, 0.3) is 5.82 Å². The molecule has 0 saturated carbocycles. The van der Waals surface area contributed by atoms with Gasteiger partial charge in [0.15, 0.2) is 5.82 Å². The summed E-state index contributed by atoms with van der Waals surface area (Å²) in [6.07, 6.45) is 3.64. The third kappa shape index (κ3) is 4.91. The van der Waals surface area contributed by atoms with Gasteiger partial charge in [-0.15, -0.1) is 5.10 Å². The Morgan fingerprint density at radius 2 is 1.76 bits per heavy atom. The van der Waals surface area contributed by atoms with E-state index >= 15 is 0 Å². The van der Waals surface area contributed by atoms with Gasteiger partial charge in [0.2, 0.25) is 5.95 Å². The van der Waals surface area contributed by atoms with E-state index in [1.807, 2.05) is 12.1 Å². The predicted molar refractivity (Wildman–Crippen MR) is 123 cm³/mol. The Balaban J connectivity index is 1.41. The molecule has 174 valence electrons. The Kier molecular flexibility index (Phi) is 6.13. The molecule has 0 spiro atoms. The first-order valence-corrected chi connectivity index (χ1v) is 12.0. The number of rotatable bonds is 4. The lowest BCUT2D eigenvalue weighted by molar-refractivity contribution is -0.144. The van der Waals surface area contributed by atoms with Crippen molar-refractivity contribution in [3.63, 3.8) is 0 Å². The fraction of sp³-hybridized carbons (Fsp3) is 0.435. The van der Waals surface area contributed by atoms with Crippen LogP contribution in [0.5, 0.6) is 0 Å². The number of alkyl halides is 3. The van der Waals surface area contributed by atoms with Crippen molar-refractivity contribution in [3.8, 4) is 5.82 Å². The number of nitrogens with one attached hydrogen (secondary N) is 1. The van der Waals surface area contributed by atoms with Gasteiger partial charge in [-0.25, -0.2) is 4.98 Å². The van der Waals surface area contributed by atoms with E-state index in [-0.39, 0.29) is 11.8 Å². The fourth-order valence-corrected chi connectivity index (χ4v) is 5.08. The number of aryl methyl sites for hydroxylation is 2. The average Bonchev–Trinajstić information content (AvgIpc) is 3.41. The van der Waals surface area contributed by atoms with Crippen LogP contribution >= 0.6 is 15.9 Å². The number of benzene rings is 1. The molecule has 1 aliphatic heterocycles. The highest BCUT2D eigenvalue weighted by atomic mass is 79.9. The molecule has 1 aliphatic carbocycles. The molecule has 1 unspecified atom stereocenters. The summed E-state index contributed by atoms with van der Waals surface area (Å²) < 4.78 is 41.8. The number of anilines is 2. The summed E-state index contributed by atoms with van der Waals surface area (Å²) in [5, 5.41) is 6.72. The monoisotopic (exact) mass is 520 g/mol. The first kappa shape index (κ1) is 22.3. The molecule has 1 atom stereocenters. The van der Waals surface area contributed by atoms with E-state index in [0.29, 0.717) is 16.2 Å². The number of aromatic nitrogens is 4. The highest BCUT2D eigenvalue weighted by Gasteiger charge is 2.37. The third-order valence-corrected chi connectivity index (χ3v) is 6.89. The van der Waals surface area contributed by atoms with Crippen molar-refractivity contribution in [1.29, 1.82) is 0 Å².